The summed E-state index contributed by atoms with van der Waals surface area (Å²) in [5.74, 6) is 0.586. The Kier molecular flexibility index (Phi) is 3.87. The number of hydrogen-bond donors (Lipinski definition) is 0. The zero-order valence-electron chi connectivity index (χ0n) is 12.4. The molecular weight excluding hydrogens is 254 g/mol. The average molecular weight is 276 g/mol. The number of rotatable bonds is 2. The highest BCUT2D eigenvalue weighted by Crippen LogP contribution is 2.32. The van der Waals surface area contributed by atoms with E-state index in [1.165, 1.54) is 5.56 Å². The molecule has 0 amide bonds. The van der Waals surface area contributed by atoms with Crippen molar-refractivity contribution in [2.45, 2.75) is 46.5 Å². The fourth-order valence-electron chi connectivity index (χ4n) is 2.38. The smallest absolute Gasteiger partial charge is 0.0757 e. The molecule has 102 valence electrons. The summed E-state index contributed by atoms with van der Waals surface area (Å²) in [6.07, 6.45) is 0.966. The summed E-state index contributed by atoms with van der Waals surface area (Å²) in [4.78, 5) is 4.86. The molecule has 0 saturated carbocycles. The van der Waals surface area contributed by atoms with Crippen molar-refractivity contribution in [2.24, 2.45) is 5.92 Å². The molecule has 1 nitrogen and oxygen atoms in total. The molecule has 1 aromatic heterocycles. The normalized spacial score (nSPS) is 12.4. The quantitative estimate of drug-likeness (QED) is 0.717. The zero-order valence-corrected chi connectivity index (χ0v) is 13.2. The zero-order chi connectivity index (χ0) is 14.2. The van der Waals surface area contributed by atoms with Crippen LogP contribution < -0.4 is 0 Å². The number of para-hydroxylation sites is 1. The van der Waals surface area contributed by atoms with E-state index in [4.69, 9.17) is 16.6 Å². The van der Waals surface area contributed by atoms with E-state index < -0.39 is 0 Å². The van der Waals surface area contributed by atoms with Crippen molar-refractivity contribution in [3.63, 3.8) is 0 Å². The minimum absolute atomic E-state index is 0.0757. The molecule has 0 bridgehead atoms. The number of halogens is 1. The lowest BCUT2D eigenvalue weighted by Gasteiger charge is -2.21. The molecule has 0 fully saturated rings. The van der Waals surface area contributed by atoms with Gasteiger partial charge in [-0.15, -0.1) is 0 Å². The maximum atomic E-state index is 6.43. The predicted octanol–water partition coefficient (Wildman–Crippen LogP) is 5.38. The Morgan fingerprint density at radius 2 is 1.89 bits per heavy atom. The molecule has 0 spiro atoms. The predicted molar refractivity (Wildman–Crippen MR) is 84.0 cm³/mol. The molecule has 0 N–H and O–H groups in total. The SMILES string of the molecule is CC(C)Cc1cc(Cl)c2cccc(C(C)(C)C)c2n1. The van der Waals surface area contributed by atoms with Crippen LogP contribution in [0.5, 0.6) is 0 Å². The van der Waals surface area contributed by atoms with Gasteiger partial charge in [-0.2, -0.15) is 0 Å². The third-order valence-electron chi connectivity index (χ3n) is 3.27. The third-order valence-corrected chi connectivity index (χ3v) is 3.58. The first-order valence-electron chi connectivity index (χ1n) is 6.87. The Bertz CT molecular complexity index is 594. The number of benzene rings is 1. The van der Waals surface area contributed by atoms with E-state index in [1.807, 2.05) is 6.07 Å². The van der Waals surface area contributed by atoms with Crippen molar-refractivity contribution in [1.29, 1.82) is 0 Å². The Morgan fingerprint density at radius 1 is 1.21 bits per heavy atom. The number of hydrogen-bond acceptors (Lipinski definition) is 1. The summed E-state index contributed by atoms with van der Waals surface area (Å²) in [5.41, 5.74) is 3.48. The number of nitrogens with zero attached hydrogens (tertiary/aromatic N) is 1. The second-order valence-electron chi connectivity index (χ2n) is 6.65. The van der Waals surface area contributed by atoms with Gasteiger partial charge in [0.25, 0.3) is 0 Å². The van der Waals surface area contributed by atoms with Crippen LogP contribution in [0.25, 0.3) is 10.9 Å². The van der Waals surface area contributed by atoms with E-state index in [2.05, 4.69) is 52.8 Å². The minimum atomic E-state index is 0.0757. The summed E-state index contributed by atoms with van der Waals surface area (Å²) in [5, 5.41) is 1.87. The number of fused-ring (bicyclic) bond motifs is 1. The second-order valence-corrected chi connectivity index (χ2v) is 7.05. The Balaban J connectivity index is 2.69. The van der Waals surface area contributed by atoms with Gasteiger partial charge in [-0.25, -0.2) is 0 Å². The van der Waals surface area contributed by atoms with Crippen molar-refractivity contribution in [3.05, 3.63) is 40.5 Å². The topological polar surface area (TPSA) is 12.9 Å². The fourth-order valence-corrected chi connectivity index (χ4v) is 2.66. The van der Waals surface area contributed by atoms with Crippen molar-refractivity contribution < 1.29 is 0 Å². The van der Waals surface area contributed by atoms with Gasteiger partial charge < -0.3 is 0 Å². The van der Waals surface area contributed by atoms with E-state index in [0.717, 1.165) is 28.0 Å². The summed E-state index contributed by atoms with van der Waals surface area (Å²) >= 11 is 6.43. The van der Waals surface area contributed by atoms with Crippen molar-refractivity contribution >= 4 is 22.5 Å². The van der Waals surface area contributed by atoms with Crippen molar-refractivity contribution in [3.8, 4) is 0 Å². The van der Waals surface area contributed by atoms with Crippen LogP contribution in [0.3, 0.4) is 0 Å². The lowest BCUT2D eigenvalue weighted by Crippen LogP contribution is -2.12. The van der Waals surface area contributed by atoms with Gasteiger partial charge in [0.1, 0.15) is 0 Å². The van der Waals surface area contributed by atoms with Gasteiger partial charge in [-0.1, -0.05) is 64.4 Å². The van der Waals surface area contributed by atoms with E-state index in [1.54, 1.807) is 0 Å². The Hall–Kier alpha value is -1.08. The Labute approximate surface area is 121 Å². The van der Waals surface area contributed by atoms with Crippen molar-refractivity contribution in [1.82, 2.24) is 4.98 Å². The number of pyridine rings is 1. The van der Waals surface area contributed by atoms with Crippen LogP contribution in [-0.4, -0.2) is 4.98 Å². The molecule has 19 heavy (non-hydrogen) atoms. The third kappa shape index (κ3) is 3.09. The van der Waals surface area contributed by atoms with Crippen LogP contribution in [0.4, 0.5) is 0 Å². The maximum Gasteiger partial charge on any atom is 0.0757 e. The molecule has 0 aliphatic heterocycles. The Morgan fingerprint density at radius 3 is 2.47 bits per heavy atom. The highest BCUT2D eigenvalue weighted by atomic mass is 35.5. The highest BCUT2D eigenvalue weighted by molar-refractivity contribution is 6.35. The minimum Gasteiger partial charge on any atom is -0.252 e. The first-order valence-corrected chi connectivity index (χ1v) is 7.25. The van der Waals surface area contributed by atoms with Gasteiger partial charge in [-0.05, 0) is 29.4 Å². The average Bonchev–Trinajstić information content (AvgIpc) is 2.26. The summed E-state index contributed by atoms with van der Waals surface area (Å²) in [6, 6.07) is 8.29. The van der Waals surface area contributed by atoms with Gasteiger partial charge in [0.15, 0.2) is 0 Å². The molecular formula is C17H22ClN. The van der Waals surface area contributed by atoms with Crippen LogP contribution in [0.15, 0.2) is 24.3 Å². The molecule has 1 heterocycles. The summed E-state index contributed by atoms with van der Waals surface area (Å²) in [6.45, 7) is 11.1. The van der Waals surface area contributed by atoms with E-state index >= 15 is 0 Å². The maximum absolute atomic E-state index is 6.43. The van der Waals surface area contributed by atoms with Crippen LogP contribution in [-0.2, 0) is 11.8 Å². The van der Waals surface area contributed by atoms with Gasteiger partial charge in [0, 0.05) is 11.1 Å². The molecule has 0 atom stereocenters. The van der Waals surface area contributed by atoms with Gasteiger partial charge >= 0.3 is 0 Å². The van der Waals surface area contributed by atoms with Crippen LogP contribution >= 0.6 is 11.6 Å². The van der Waals surface area contributed by atoms with Gasteiger partial charge in [0.05, 0.1) is 10.5 Å². The van der Waals surface area contributed by atoms with Crippen LogP contribution in [0.2, 0.25) is 5.02 Å². The lowest BCUT2D eigenvalue weighted by atomic mass is 9.85. The first-order chi connectivity index (χ1) is 8.79. The lowest BCUT2D eigenvalue weighted by molar-refractivity contribution is 0.593. The standard InChI is InChI=1S/C17H22ClN/c1-11(2)9-12-10-15(18)13-7-6-8-14(16(13)19-12)17(3,4)5/h6-8,10-11H,9H2,1-5H3. The van der Waals surface area contributed by atoms with Crippen LogP contribution in [0, 0.1) is 5.92 Å². The molecule has 0 aliphatic rings. The van der Waals surface area contributed by atoms with Crippen LogP contribution in [0.1, 0.15) is 45.9 Å². The van der Waals surface area contributed by atoms with E-state index in [-0.39, 0.29) is 5.41 Å². The largest absolute Gasteiger partial charge is 0.252 e. The highest BCUT2D eigenvalue weighted by Gasteiger charge is 2.19. The molecule has 0 radical (unpaired) electrons. The van der Waals surface area contributed by atoms with Gasteiger partial charge in [-0.3, -0.25) is 4.98 Å². The molecule has 0 aliphatic carbocycles. The van der Waals surface area contributed by atoms with Crippen molar-refractivity contribution in [2.75, 3.05) is 0 Å². The molecule has 0 unspecified atom stereocenters. The second kappa shape index (κ2) is 5.13. The monoisotopic (exact) mass is 275 g/mol. The number of aromatic nitrogens is 1. The van der Waals surface area contributed by atoms with E-state index in [9.17, 15) is 0 Å². The molecule has 2 aromatic rings. The molecule has 2 heteroatoms. The molecule has 2 rings (SSSR count). The first kappa shape index (κ1) is 14.3. The molecule has 1 aromatic carbocycles. The molecule has 0 saturated heterocycles. The van der Waals surface area contributed by atoms with E-state index in [0.29, 0.717) is 5.92 Å². The summed E-state index contributed by atoms with van der Waals surface area (Å²) in [7, 11) is 0. The fraction of sp³-hybridized carbons (Fsp3) is 0.471. The van der Waals surface area contributed by atoms with Gasteiger partial charge in [0.2, 0.25) is 0 Å². The summed E-state index contributed by atoms with van der Waals surface area (Å²) < 4.78 is 0.